The molecule has 0 spiro atoms. The van der Waals surface area contributed by atoms with E-state index in [1.54, 1.807) is 18.2 Å². The Morgan fingerprint density at radius 2 is 2.06 bits per heavy atom. The highest BCUT2D eigenvalue weighted by molar-refractivity contribution is 6.31. The fourth-order valence-corrected chi connectivity index (χ4v) is 1.61. The third kappa shape index (κ3) is 5.14. The van der Waals surface area contributed by atoms with Gasteiger partial charge in [-0.1, -0.05) is 24.6 Å². The average molecular weight is 282 g/mol. The maximum atomic E-state index is 12.0. The van der Waals surface area contributed by atoms with Gasteiger partial charge in [-0.05, 0) is 18.7 Å². The Kier molecular flexibility index (Phi) is 5.75. The first-order valence-electron chi connectivity index (χ1n) is 5.61. The summed E-state index contributed by atoms with van der Waals surface area (Å²) in [5, 5.41) is 3.55. The highest BCUT2D eigenvalue weighted by Crippen LogP contribution is 2.27. The van der Waals surface area contributed by atoms with Gasteiger partial charge in [0.2, 0.25) is 0 Å². The van der Waals surface area contributed by atoms with E-state index in [-0.39, 0.29) is 0 Å². The van der Waals surface area contributed by atoms with Crippen molar-refractivity contribution in [3.05, 3.63) is 28.8 Å². The molecule has 0 aromatic heterocycles. The van der Waals surface area contributed by atoms with Gasteiger partial charge in [0.05, 0.1) is 13.0 Å². The summed E-state index contributed by atoms with van der Waals surface area (Å²) in [6, 6.07) is 4.96. The van der Waals surface area contributed by atoms with Gasteiger partial charge in [0.15, 0.2) is 0 Å². The van der Waals surface area contributed by atoms with Crippen LogP contribution in [0.15, 0.2) is 18.2 Å². The molecule has 0 aliphatic rings. The molecule has 1 aromatic carbocycles. The number of benzene rings is 1. The summed E-state index contributed by atoms with van der Waals surface area (Å²) >= 11 is 5.99. The van der Waals surface area contributed by atoms with E-state index in [2.05, 4.69) is 5.32 Å². The second-order valence-electron chi connectivity index (χ2n) is 3.71. The van der Waals surface area contributed by atoms with Crippen LogP contribution in [0.25, 0.3) is 0 Å². The maximum absolute atomic E-state index is 12.0. The summed E-state index contributed by atoms with van der Waals surface area (Å²) in [5.74, 6) is 0.396. The van der Waals surface area contributed by atoms with E-state index >= 15 is 0 Å². The zero-order chi connectivity index (χ0) is 13.6. The van der Waals surface area contributed by atoms with Gasteiger partial charge < -0.3 is 10.1 Å². The van der Waals surface area contributed by atoms with Crippen LogP contribution in [0, 0.1) is 0 Å². The average Bonchev–Trinajstić information content (AvgIpc) is 2.26. The van der Waals surface area contributed by atoms with Crippen LogP contribution in [0.1, 0.15) is 18.9 Å². The Labute approximate surface area is 109 Å². The van der Waals surface area contributed by atoms with Crippen molar-refractivity contribution in [2.24, 2.45) is 0 Å². The molecule has 0 radical (unpaired) electrons. The lowest BCUT2D eigenvalue weighted by atomic mass is 10.2. The molecule has 0 bridgehead atoms. The lowest BCUT2D eigenvalue weighted by Crippen LogP contribution is -2.16. The van der Waals surface area contributed by atoms with Gasteiger partial charge in [-0.15, -0.1) is 0 Å². The highest BCUT2D eigenvalue weighted by Gasteiger charge is 2.27. The van der Waals surface area contributed by atoms with Crippen molar-refractivity contribution in [2.45, 2.75) is 26.1 Å². The minimum absolute atomic E-state index is 0.396. The molecule has 6 heteroatoms. The zero-order valence-electron chi connectivity index (χ0n) is 9.98. The van der Waals surface area contributed by atoms with E-state index in [1.807, 2.05) is 6.92 Å². The Balaban J connectivity index is 2.66. The number of alkyl halides is 3. The van der Waals surface area contributed by atoms with Crippen LogP contribution in [-0.4, -0.2) is 19.3 Å². The van der Waals surface area contributed by atoms with Gasteiger partial charge in [0.1, 0.15) is 5.75 Å². The van der Waals surface area contributed by atoms with Crippen molar-refractivity contribution in [3.8, 4) is 5.75 Å². The minimum Gasteiger partial charge on any atom is -0.493 e. The molecule has 0 saturated carbocycles. The van der Waals surface area contributed by atoms with Crippen LogP contribution in [0.5, 0.6) is 5.75 Å². The molecule has 0 amide bonds. The van der Waals surface area contributed by atoms with Crippen LogP contribution in [0.2, 0.25) is 5.02 Å². The summed E-state index contributed by atoms with van der Waals surface area (Å²) in [6.45, 7) is 2.74. The van der Waals surface area contributed by atoms with E-state index in [9.17, 15) is 13.2 Å². The Hall–Kier alpha value is -0.940. The number of ether oxygens (including phenoxy) is 1. The first-order valence-corrected chi connectivity index (χ1v) is 5.99. The molecular weight excluding hydrogens is 267 g/mol. The highest BCUT2D eigenvalue weighted by atomic mass is 35.5. The molecule has 102 valence electrons. The molecular formula is C12H15ClF3NO. The lowest BCUT2D eigenvalue weighted by molar-refractivity contribution is -0.139. The summed E-state index contributed by atoms with van der Waals surface area (Å²) in [5.41, 5.74) is 0.684. The molecule has 0 atom stereocenters. The molecule has 0 aliphatic heterocycles. The molecule has 1 aromatic rings. The fraction of sp³-hybridized carbons (Fsp3) is 0.500. The summed E-state index contributed by atoms with van der Waals surface area (Å²) in [4.78, 5) is 0. The zero-order valence-corrected chi connectivity index (χ0v) is 10.7. The summed E-state index contributed by atoms with van der Waals surface area (Å²) < 4.78 is 41.2. The standard InChI is InChI=1S/C12H15ClF3NO/c1-2-17-8-9-10(13)4-3-5-11(9)18-7-6-12(14,15)16/h3-5,17H,2,6-8H2,1H3. The number of hydrogen-bond donors (Lipinski definition) is 1. The topological polar surface area (TPSA) is 21.3 Å². The normalized spacial score (nSPS) is 11.6. The number of nitrogens with one attached hydrogen (secondary N) is 1. The second kappa shape index (κ2) is 6.85. The minimum atomic E-state index is -4.21. The molecule has 0 heterocycles. The van der Waals surface area contributed by atoms with E-state index in [0.29, 0.717) is 22.9 Å². The lowest BCUT2D eigenvalue weighted by Gasteiger charge is -2.14. The van der Waals surface area contributed by atoms with Crippen LogP contribution in [0.4, 0.5) is 13.2 Å². The first-order chi connectivity index (χ1) is 8.44. The molecule has 18 heavy (non-hydrogen) atoms. The van der Waals surface area contributed by atoms with Crippen molar-refractivity contribution in [3.63, 3.8) is 0 Å². The Morgan fingerprint density at radius 3 is 2.67 bits per heavy atom. The third-order valence-electron chi connectivity index (χ3n) is 2.27. The summed E-state index contributed by atoms with van der Waals surface area (Å²) in [6.07, 6.45) is -5.18. The van der Waals surface area contributed by atoms with E-state index in [4.69, 9.17) is 16.3 Å². The molecule has 2 nitrogen and oxygen atoms in total. The maximum Gasteiger partial charge on any atom is 0.392 e. The fourth-order valence-electron chi connectivity index (χ4n) is 1.37. The monoisotopic (exact) mass is 281 g/mol. The van der Waals surface area contributed by atoms with Crippen molar-refractivity contribution in [1.82, 2.24) is 5.32 Å². The Bertz CT molecular complexity index is 382. The van der Waals surface area contributed by atoms with Gasteiger partial charge in [-0.25, -0.2) is 0 Å². The quantitative estimate of drug-likeness (QED) is 0.857. The largest absolute Gasteiger partial charge is 0.493 e. The Morgan fingerprint density at radius 1 is 1.33 bits per heavy atom. The smallest absolute Gasteiger partial charge is 0.392 e. The number of rotatable bonds is 6. The molecule has 0 fully saturated rings. The molecule has 0 aliphatic carbocycles. The molecule has 1 N–H and O–H groups in total. The van der Waals surface area contributed by atoms with E-state index < -0.39 is 19.2 Å². The predicted molar refractivity (Wildman–Crippen MR) is 65.0 cm³/mol. The van der Waals surface area contributed by atoms with Gasteiger partial charge >= 0.3 is 6.18 Å². The SMILES string of the molecule is CCNCc1c(Cl)cccc1OCCC(F)(F)F. The van der Waals surface area contributed by atoms with Gasteiger partial charge in [0.25, 0.3) is 0 Å². The van der Waals surface area contributed by atoms with Gasteiger partial charge in [-0.2, -0.15) is 13.2 Å². The predicted octanol–water partition coefficient (Wildman–Crippen LogP) is 3.78. The first kappa shape index (κ1) is 15.1. The second-order valence-corrected chi connectivity index (χ2v) is 4.12. The molecule has 0 saturated heterocycles. The van der Waals surface area contributed by atoms with Crippen LogP contribution in [-0.2, 0) is 6.54 Å². The van der Waals surface area contributed by atoms with Crippen molar-refractivity contribution in [2.75, 3.05) is 13.2 Å². The third-order valence-corrected chi connectivity index (χ3v) is 2.62. The van der Waals surface area contributed by atoms with Crippen molar-refractivity contribution < 1.29 is 17.9 Å². The summed E-state index contributed by atoms with van der Waals surface area (Å²) in [7, 11) is 0. The van der Waals surface area contributed by atoms with Gasteiger partial charge in [0, 0.05) is 17.1 Å². The molecule has 0 unspecified atom stereocenters. The van der Waals surface area contributed by atoms with Gasteiger partial charge in [-0.3, -0.25) is 0 Å². The van der Waals surface area contributed by atoms with Crippen LogP contribution < -0.4 is 10.1 Å². The van der Waals surface area contributed by atoms with E-state index in [0.717, 1.165) is 6.54 Å². The molecule has 1 rings (SSSR count). The van der Waals surface area contributed by atoms with Crippen molar-refractivity contribution in [1.29, 1.82) is 0 Å². The van der Waals surface area contributed by atoms with E-state index in [1.165, 1.54) is 0 Å². The number of halogens is 4. The van der Waals surface area contributed by atoms with Crippen LogP contribution in [0.3, 0.4) is 0 Å². The number of hydrogen-bond acceptors (Lipinski definition) is 2. The van der Waals surface area contributed by atoms with Crippen LogP contribution >= 0.6 is 11.6 Å². The van der Waals surface area contributed by atoms with Crippen molar-refractivity contribution >= 4 is 11.6 Å².